The average molecular weight is 398 g/mol. The normalized spacial score (nSPS) is 10.9. The molecule has 0 fully saturated rings. The standard InChI is InChI=1S/C21H14ClF2N3O/c1-28-19-10-18-12(9-14(19)13-5-2-3-6-15(13)22)11-25-21(26-18)27-20-16(23)7-4-8-17(20)24/h2-11H,1H3,(H,25,26,27). The minimum absolute atomic E-state index is 0.0732. The Balaban J connectivity index is 1.79. The van der Waals surface area contributed by atoms with Crippen molar-refractivity contribution in [2.24, 2.45) is 0 Å². The Bertz CT molecular complexity index is 1160. The third-order valence-corrected chi connectivity index (χ3v) is 4.59. The van der Waals surface area contributed by atoms with Crippen molar-refractivity contribution in [3.05, 3.63) is 77.5 Å². The van der Waals surface area contributed by atoms with Gasteiger partial charge in [0.2, 0.25) is 5.95 Å². The zero-order valence-corrected chi connectivity index (χ0v) is 15.5. The number of aromatic nitrogens is 2. The van der Waals surface area contributed by atoms with Crippen LogP contribution in [-0.2, 0) is 0 Å². The average Bonchev–Trinajstić information content (AvgIpc) is 2.70. The maximum atomic E-state index is 13.9. The minimum atomic E-state index is -0.727. The van der Waals surface area contributed by atoms with Crippen molar-refractivity contribution in [2.75, 3.05) is 12.4 Å². The molecule has 140 valence electrons. The zero-order valence-electron chi connectivity index (χ0n) is 14.7. The van der Waals surface area contributed by atoms with E-state index >= 15 is 0 Å². The zero-order chi connectivity index (χ0) is 19.7. The van der Waals surface area contributed by atoms with Gasteiger partial charge in [-0.15, -0.1) is 0 Å². The fourth-order valence-corrected chi connectivity index (χ4v) is 3.15. The van der Waals surface area contributed by atoms with E-state index in [1.54, 1.807) is 25.4 Å². The van der Waals surface area contributed by atoms with Crippen LogP contribution in [0, 0.1) is 11.6 Å². The van der Waals surface area contributed by atoms with E-state index < -0.39 is 11.6 Å². The molecule has 0 aliphatic rings. The Morgan fingerprint density at radius 1 is 0.964 bits per heavy atom. The summed E-state index contributed by atoms with van der Waals surface area (Å²) < 4.78 is 33.2. The molecule has 0 saturated carbocycles. The van der Waals surface area contributed by atoms with Crippen LogP contribution in [-0.4, -0.2) is 17.1 Å². The quantitative estimate of drug-likeness (QED) is 0.460. The summed E-state index contributed by atoms with van der Waals surface area (Å²) in [7, 11) is 1.55. The van der Waals surface area contributed by atoms with Crippen molar-refractivity contribution < 1.29 is 13.5 Å². The van der Waals surface area contributed by atoms with E-state index in [1.807, 2.05) is 24.3 Å². The lowest BCUT2D eigenvalue weighted by molar-refractivity contribution is 0.417. The van der Waals surface area contributed by atoms with E-state index in [0.29, 0.717) is 16.3 Å². The maximum Gasteiger partial charge on any atom is 0.227 e. The SMILES string of the molecule is COc1cc2nc(Nc3c(F)cccc3F)ncc2cc1-c1ccccc1Cl. The first-order chi connectivity index (χ1) is 13.6. The first-order valence-electron chi connectivity index (χ1n) is 8.37. The number of ether oxygens (including phenoxy) is 1. The van der Waals surface area contributed by atoms with E-state index in [0.717, 1.165) is 28.6 Å². The predicted molar refractivity (Wildman–Crippen MR) is 106 cm³/mol. The summed E-state index contributed by atoms with van der Waals surface area (Å²) in [5.74, 6) is -0.808. The third-order valence-electron chi connectivity index (χ3n) is 4.26. The smallest absolute Gasteiger partial charge is 0.227 e. The molecule has 0 aliphatic heterocycles. The van der Waals surface area contributed by atoms with E-state index in [1.165, 1.54) is 6.07 Å². The van der Waals surface area contributed by atoms with Gasteiger partial charge in [-0.2, -0.15) is 0 Å². The molecule has 0 unspecified atom stereocenters. The minimum Gasteiger partial charge on any atom is -0.496 e. The number of hydrogen-bond acceptors (Lipinski definition) is 4. The van der Waals surface area contributed by atoms with Crippen LogP contribution < -0.4 is 10.1 Å². The number of benzene rings is 3. The molecule has 0 spiro atoms. The van der Waals surface area contributed by atoms with Crippen molar-refractivity contribution in [2.45, 2.75) is 0 Å². The summed E-state index contributed by atoms with van der Waals surface area (Å²) in [6.07, 6.45) is 1.57. The van der Waals surface area contributed by atoms with E-state index in [2.05, 4.69) is 15.3 Å². The van der Waals surface area contributed by atoms with E-state index in [9.17, 15) is 8.78 Å². The molecular formula is C21H14ClF2N3O. The van der Waals surface area contributed by atoms with Gasteiger partial charge in [0.15, 0.2) is 0 Å². The van der Waals surface area contributed by atoms with Crippen LogP contribution in [0.25, 0.3) is 22.0 Å². The van der Waals surface area contributed by atoms with Crippen molar-refractivity contribution in [1.82, 2.24) is 9.97 Å². The number of hydrogen-bond donors (Lipinski definition) is 1. The van der Waals surface area contributed by atoms with Gasteiger partial charge in [0.25, 0.3) is 0 Å². The van der Waals surface area contributed by atoms with E-state index in [4.69, 9.17) is 16.3 Å². The molecular weight excluding hydrogens is 384 g/mol. The van der Waals surface area contributed by atoms with Gasteiger partial charge in [0.1, 0.15) is 23.1 Å². The largest absolute Gasteiger partial charge is 0.496 e. The van der Waals surface area contributed by atoms with Crippen LogP contribution in [0.4, 0.5) is 20.4 Å². The molecule has 4 nitrogen and oxygen atoms in total. The lowest BCUT2D eigenvalue weighted by Crippen LogP contribution is -2.02. The fraction of sp³-hybridized carbons (Fsp3) is 0.0476. The molecule has 1 aromatic heterocycles. The number of nitrogens with zero attached hydrogens (tertiary/aromatic N) is 2. The summed E-state index contributed by atoms with van der Waals surface area (Å²) in [5.41, 5.74) is 1.87. The summed E-state index contributed by atoms with van der Waals surface area (Å²) in [6.45, 7) is 0. The van der Waals surface area contributed by atoms with Crippen LogP contribution in [0.3, 0.4) is 0 Å². The first-order valence-corrected chi connectivity index (χ1v) is 8.75. The highest BCUT2D eigenvalue weighted by molar-refractivity contribution is 6.33. The maximum absolute atomic E-state index is 13.9. The highest BCUT2D eigenvalue weighted by Gasteiger charge is 2.14. The molecule has 0 amide bonds. The summed E-state index contributed by atoms with van der Waals surface area (Å²) in [6, 6.07) is 14.6. The van der Waals surface area contributed by atoms with Crippen molar-refractivity contribution in [3.63, 3.8) is 0 Å². The van der Waals surface area contributed by atoms with Crippen molar-refractivity contribution in [1.29, 1.82) is 0 Å². The topological polar surface area (TPSA) is 47.0 Å². The third kappa shape index (κ3) is 3.34. The number of rotatable bonds is 4. The molecule has 0 aliphatic carbocycles. The summed E-state index contributed by atoms with van der Waals surface area (Å²) in [4.78, 5) is 8.52. The molecule has 0 atom stereocenters. The monoisotopic (exact) mass is 397 g/mol. The van der Waals surface area contributed by atoms with Crippen molar-refractivity contribution >= 4 is 34.1 Å². The Morgan fingerprint density at radius 3 is 2.43 bits per heavy atom. The van der Waals surface area contributed by atoms with Crippen LogP contribution in [0.1, 0.15) is 0 Å². The van der Waals surface area contributed by atoms with Gasteiger partial charge in [-0.05, 0) is 24.3 Å². The molecule has 0 radical (unpaired) electrons. The van der Waals surface area contributed by atoms with Crippen LogP contribution >= 0.6 is 11.6 Å². The Morgan fingerprint density at radius 2 is 1.71 bits per heavy atom. The second kappa shape index (κ2) is 7.40. The molecule has 3 aromatic carbocycles. The van der Waals surface area contributed by atoms with Gasteiger partial charge in [-0.25, -0.2) is 18.7 Å². The number of methoxy groups -OCH3 is 1. The summed E-state index contributed by atoms with van der Waals surface area (Å²) >= 11 is 6.32. The molecule has 1 N–H and O–H groups in total. The predicted octanol–water partition coefficient (Wildman–Crippen LogP) is 5.98. The van der Waals surface area contributed by atoms with Gasteiger partial charge >= 0.3 is 0 Å². The second-order valence-electron chi connectivity index (χ2n) is 6.01. The number of fused-ring (bicyclic) bond motifs is 1. The summed E-state index contributed by atoms with van der Waals surface area (Å²) in [5, 5.41) is 3.92. The number of halogens is 3. The van der Waals surface area contributed by atoms with Gasteiger partial charge in [-0.3, -0.25) is 0 Å². The molecule has 28 heavy (non-hydrogen) atoms. The first kappa shape index (κ1) is 18.1. The number of para-hydroxylation sites is 1. The molecule has 7 heteroatoms. The van der Waals surface area contributed by atoms with Gasteiger partial charge in [-0.1, -0.05) is 35.9 Å². The lowest BCUT2D eigenvalue weighted by atomic mass is 10.0. The van der Waals surface area contributed by atoms with Gasteiger partial charge < -0.3 is 10.1 Å². The Labute approximate surface area is 164 Å². The number of anilines is 2. The Hall–Kier alpha value is -3.25. The molecule has 4 rings (SSSR count). The molecule has 1 heterocycles. The van der Waals surface area contributed by atoms with Crippen molar-refractivity contribution in [3.8, 4) is 16.9 Å². The number of nitrogens with one attached hydrogen (secondary N) is 1. The highest BCUT2D eigenvalue weighted by atomic mass is 35.5. The second-order valence-corrected chi connectivity index (χ2v) is 6.41. The van der Waals surface area contributed by atoms with Gasteiger partial charge in [0, 0.05) is 33.8 Å². The van der Waals surface area contributed by atoms with Crippen LogP contribution in [0.5, 0.6) is 5.75 Å². The lowest BCUT2D eigenvalue weighted by Gasteiger charge is -2.12. The highest BCUT2D eigenvalue weighted by Crippen LogP contribution is 2.37. The fourth-order valence-electron chi connectivity index (χ4n) is 2.91. The molecule has 0 saturated heterocycles. The molecule has 0 bridgehead atoms. The Kier molecular flexibility index (Phi) is 4.79. The molecule has 4 aromatic rings. The van der Waals surface area contributed by atoms with Crippen LogP contribution in [0.15, 0.2) is 60.8 Å². The van der Waals surface area contributed by atoms with Crippen LogP contribution in [0.2, 0.25) is 5.02 Å². The van der Waals surface area contributed by atoms with Gasteiger partial charge in [0.05, 0.1) is 12.6 Å². The van der Waals surface area contributed by atoms with E-state index in [-0.39, 0.29) is 11.6 Å².